The van der Waals surface area contributed by atoms with E-state index in [9.17, 15) is 24.0 Å². The van der Waals surface area contributed by atoms with Crippen molar-refractivity contribution < 1.29 is 38.8 Å². The zero-order chi connectivity index (χ0) is 37.5. The Balaban J connectivity index is 1.21. The summed E-state index contributed by atoms with van der Waals surface area (Å²) in [6, 6.07) is 13.4. The van der Waals surface area contributed by atoms with Crippen molar-refractivity contribution in [2.45, 2.75) is 77.5 Å². The molecule has 4 atom stereocenters. The Labute approximate surface area is 304 Å². The van der Waals surface area contributed by atoms with Gasteiger partial charge in [0.05, 0.1) is 32.2 Å². The molecule has 0 bridgehead atoms. The number of carbonyl (C=O) groups is 5. The molecule has 0 spiro atoms. The highest BCUT2D eigenvalue weighted by Gasteiger charge is 2.41. The molecule has 5 N–H and O–H groups in total. The fraction of sp³-hybridized carbons (Fsp3) is 0.474. The predicted molar refractivity (Wildman–Crippen MR) is 194 cm³/mol. The van der Waals surface area contributed by atoms with E-state index in [4.69, 9.17) is 9.47 Å². The van der Waals surface area contributed by atoms with Gasteiger partial charge in [0.15, 0.2) is 6.04 Å². The summed E-state index contributed by atoms with van der Waals surface area (Å²) in [5, 5.41) is 6.93. The summed E-state index contributed by atoms with van der Waals surface area (Å²) in [5.74, 6) is -0.202. The number of anilines is 1. The fourth-order valence-corrected chi connectivity index (χ4v) is 6.92. The number of methoxy groups -OCH3 is 2. The number of nitrogens with zero attached hydrogens (tertiary/aromatic N) is 3. The van der Waals surface area contributed by atoms with Crippen LogP contribution < -0.4 is 16.0 Å². The van der Waals surface area contributed by atoms with Crippen LogP contribution in [0.15, 0.2) is 54.7 Å². The van der Waals surface area contributed by atoms with E-state index in [2.05, 4.69) is 20.6 Å². The Morgan fingerprint density at radius 3 is 2.04 bits per heavy atom. The average molecular weight is 717 g/mol. The van der Waals surface area contributed by atoms with Gasteiger partial charge in [-0.15, -0.1) is 0 Å². The Bertz CT molecular complexity index is 1740. The maximum atomic E-state index is 13.5. The first-order chi connectivity index (χ1) is 24.9. The molecule has 1 aromatic heterocycles. The maximum Gasteiger partial charge on any atom is 0.513 e. The van der Waals surface area contributed by atoms with E-state index in [1.54, 1.807) is 16.0 Å². The van der Waals surface area contributed by atoms with E-state index in [1.807, 2.05) is 76.2 Å². The Kier molecular flexibility index (Phi) is 12.3. The largest absolute Gasteiger partial charge is 0.513 e. The van der Waals surface area contributed by atoms with Crippen LogP contribution in [-0.2, 0) is 23.9 Å². The van der Waals surface area contributed by atoms with Crippen molar-refractivity contribution in [2.75, 3.05) is 32.6 Å². The van der Waals surface area contributed by atoms with Gasteiger partial charge in [0.2, 0.25) is 11.8 Å². The van der Waals surface area contributed by atoms with Gasteiger partial charge in [-0.2, -0.15) is 4.79 Å². The van der Waals surface area contributed by atoms with Crippen molar-refractivity contribution in [3.63, 3.8) is 0 Å². The molecule has 2 saturated heterocycles. The normalized spacial score (nSPS) is 18.3. The van der Waals surface area contributed by atoms with Crippen molar-refractivity contribution >= 4 is 35.6 Å². The number of rotatable bonds is 11. The lowest BCUT2D eigenvalue weighted by Crippen LogP contribution is -2.97. The van der Waals surface area contributed by atoms with Crippen molar-refractivity contribution in [3.05, 3.63) is 60.6 Å². The van der Waals surface area contributed by atoms with Gasteiger partial charge in [-0.25, -0.2) is 15.1 Å². The number of likely N-dealkylation sites (tertiary alicyclic amines) is 2. The van der Waals surface area contributed by atoms with Crippen molar-refractivity contribution in [2.24, 2.45) is 11.8 Å². The van der Waals surface area contributed by atoms with E-state index >= 15 is 0 Å². The van der Waals surface area contributed by atoms with Gasteiger partial charge < -0.3 is 34.9 Å². The van der Waals surface area contributed by atoms with Gasteiger partial charge in [0, 0.05) is 24.7 Å². The molecule has 5 amide bonds. The minimum Gasteiger partial charge on any atom is -0.453 e. The summed E-state index contributed by atoms with van der Waals surface area (Å²) in [6.07, 6.45) is 3.43. The molecule has 3 heterocycles. The van der Waals surface area contributed by atoms with Crippen LogP contribution in [0.3, 0.4) is 0 Å². The number of aromatic amines is 1. The quantitative estimate of drug-likeness (QED) is 0.229. The van der Waals surface area contributed by atoms with Gasteiger partial charge >= 0.3 is 12.2 Å². The third-order valence-corrected chi connectivity index (χ3v) is 9.88. The summed E-state index contributed by atoms with van der Waals surface area (Å²) < 4.78 is 9.48. The lowest BCUT2D eigenvalue weighted by Gasteiger charge is -2.30. The molecule has 5 rings (SSSR count). The number of imidazole rings is 1. The highest BCUT2D eigenvalue weighted by Crippen LogP contribution is 2.33. The number of hydrogen-bond acceptors (Lipinski definition) is 8. The molecule has 278 valence electrons. The first kappa shape index (κ1) is 38.0. The molecule has 3 aromatic rings. The second-order valence-corrected chi connectivity index (χ2v) is 14.0. The number of primary amides is 1. The first-order valence-corrected chi connectivity index (χ1v) is 17.9. The lowest BCUT2D eigenvalue weighted by atomic mass is 10.0. The summed E-state index contributed by atoms with van der Waals surface area (Å²) in [7, 11) is 2.56. The van der Waals surface area contributed by atoms with Crippen molar-refractivity contribution in [3.8, 4) is 22.4 Å². The number of ether oxygens (including phenoxy) is 2. The van der Waals surface area contributed by atoms with E-state index < -0.39 is 30.3 Å². The zero-order valence-electron chi connectivity index (χ0n) is 30.7. The van der Waals surface area contributed by atoms with Gasteiger partial charge in [-0.3, -0.25) is 14.4 Å². The molecule has 0 unspecified atom stereocenters. The monoisotopic (exact) mass is 716 g/mol. The predicted octanol–water partition coefficient (Wildman–Crippen LogP) is 4.07. The highest BCUT2D eigenvalue weighted by atomic mass is 16.5. The van der Waals surface area contributed by atoms with Crippen molar-refractivity contribution in [1.82, 2.24) is 25.1 Å². The molecule has 2 aliphatic heterocycles. The van der Waals surface area contributed by atoms with Crippen LogP contribution in [-0.4, -0.2) is 95.1 Å². The number of H-pyrrole nitrogens is 1. The molecule has 2 fully saturated rings. The van der Waals surface area contributed by atoms with E-state index in [0.29, 0.717) is 37.4 Å². The Hall–Kier alpha value is -5.24. The summed E-state index contributed by atoms with van der Waals surface area (Å²) in [5.41, 5.74) is 4.34. The second-order valence-electron chi connectivity index (χ2n) is 14.0. The number of nitrogens with two attached hydrogens (primary N) is 1. The third kappa shape index (κ3) is 8.61. The molecule has 14 heteroatoms. The standard InChI is InChI=1S/C38H49N7O7/c1-22(2)31(42-37(49)51-5)35(47)44-19-7-9-29(44)33-39-21-28(41-33)26-13-11-24(12-14-26)25-15-17-27(18-16-25)40-34(46)30-10-8-20-45(30)36(48)32(23(3)4)43-38(50)52-6/h11-18,21-23,29-32H,7-10,19-20H2,1-6H3,(H,39,41)(H,40,46)(H,42,49)(H,43,50)/p+1/t29-,30-,31-,32-/m0/s1. The molecular weight excluding hydrogens is 666 g/mol. The molecule has 0 radical (unpaired) electrons. The second kappa shape index (κ2) is 16.9. The van der Waals surface area contributed by atoms with Crippen LogP contribution in [0.4, 0.5) is 15.3 Å². The smallest absolute Gasteiger partial charge is 0.453 e. The summed E-state index contributed by atoms with van der Waals surface area (Å²) in [4.78, 5) is 75.4. The summed E-state index contributed by atoms with van der Waals surface area (Å²) in [6.45, 7) is 8.54. The molecular formula is C38H50N7O7+. The van der Waals surface area contributed by atoms with Crippen LogP contribution in [0.25, 0.3) is 22.4 Å². The number of benzene rings is 2. The van der Waals surface area contributed by atoms with Gasteiger partial charge in [0.25, 0.3) is 5.91 Å². The van der Waals surface area contributed by atoms with Gasteiger partial charge in [-0.1, -0.05) is 64.1 Å². The van der Waals surface area contributed by atoms with Crippen LogP contribution in [0.1, 0.15) is 65.2 Å². The Morgan fingerprint density at radius 2 is 1.42 bits per heavy atom. The topological polar surface area (TPSA) is 180 Å². The number of aromatic nitrogens is 2. The molecule has 0 saturated carbocycles. The van der Waals surface area contributed by atoms with Crippen LogP contribution in [0, 0.1) is 11.8 Å². The zero-order valence-corrected chi connectivity index (χ0v) is 30.7. The molecule has 14 nitrogen and oxygen atoms in total. The minimum absolute atomic E-state index is 0.114. The number of amides is 5. The number of nitrogens with one attached hydrogen (secondary N) is 3. The lowest BCUT2D eigenvalue weighted by molar-refractivity contribution is -0.601. The molecule has 2 aromatic carbocycles. The van der Waals surface area contributed by atoms with E-state index in [-0.39, 0.29) is 35.6 Å². The average Bonchev–Trinajstić information content (AvgIpc) is 3.94. The van der Waals surface area contributed by atoms with Gasteiger partial charge in [0.1, 0.15) is 17.9 Å². The van der Waals surface area contributed by atoms with Crippen LogP contribution in [0.2, 0.25) is 0 Å². The van der Waals surface area contributed by atoms with Crippen LogP contribution in [0.5, 0.6) is 0 Å². The third-order valence-electron chi connectivity index (χ3n) is 9.88. The minimum atomic E-state index is -0.698. The number of quaternary nitrogens is 1. The number of hydrogen-bond donors (Lipinski definition) is 4. The maximum absolute atomic E-state index is 13.5. The fourth-order valence-electron chi connectivity index (χ4n) is 6.92. The molecule has 2 aliphatic rings. The summed E-state index contributed by atoms with van der Waals surface area (Å²) >= 11 is 0. The van der Waals surface area contributed by atoms with Crippen LogP contribution >= 0.6 is 0 Å². The molecule has 0 aliphatic carbocycles. The van der Waals surface area contributed by atoms with E-state index in [0.717, 1.165) is 35.2 Å². The molecule has 52 heavy (non-hydrogen) atoms. The highest BCUT2D eigenvalue weighted by molar-refractivity contribution is 5.98. The Morgan fingerprint density at radius 1 is 0.808 bits per heavy atom. The number of carbonyl (C=O) groups excluding carboxylic acids is 5. The van der Waals surface area contributed by atoms with E-state index in [1.165, 1.54) is 19.5 Å². The van der Waals surface area contributed by atoms with Gasteiger partial charge in [-0.05, 0) is 60.4 Å². The first-order valence-electron chi connectivity index (χ1n) is 17.9. The van der Waals surface area contributed by atoms with Crippen molar-refractivity contribution in [1.29, 1.82) is 0 Å². The number of alkyl carbamates (subject to hydrolysis) is 1. The SMILES string of the molecule is COC(=O)N[C@H](C(=O)N1CCC[C@H]1c1ncc(-c2ccc(-c3ccc(NC(=O)[C@@H]4CCCN4C(=O)[C@@H]([NH2+]C(=O)OC)C(C)C)cc3)cc2)[nH]1)C(C)C.